The van der Waals surface area contributed by atoms with Gasteiger partial charge in [-0.05, 0) is 60.9 Å². The summed E-state index contributed by atoms with van der Waals surface area (Å²) in [6.07, 6.45) is 1.31. The quantitative estimate of drug-likeness (QED) is 0.328. The summed E-state index contributed by atoms with van der Waals surface area (Å²) in [6, 6.07) is 17.4. The number of thiazole rings is 1. The second kappa shape index (κ2) is 9.81. The second-order valence-electron chi connectivity index (χ2n) is 8.89. The lowest BCUT2D eigenvalue weighted by molar-refractivity contribution is -0.123. The third-order valence-electron chi connectivity index (χ3n) is 6.58. The SMILES string of the molecule is Cc1ccc2sc(N(Cc3ccccc3)C(=O)C3CCCN(S(=O)(=O)c4cccs4)C3)nc2c1C. The summed E-state index contributed by atoms with van der Waals surface area (Å²) in [5.41, 5.74) is 4.20. The molecule has 182 valence electrons. The van der Waals surface area contributed by atoms with Gasteiger partial charge in [0.2, 0.25) is 5.91 Å². The van der Waals surface area contributed by atoms with Gasteiger partial charge in [-0.15, -0.1) is 11.3 Å². The number of fused-ring (bicyclic) bond motifs is 1. The Morgan fingerprint density at radius 1 is 1.11 bits per heavy atom. The number of aromatic nitrogens is 1. The highest BCUT2D eigenvalue weighted by molar-refractivity contribution is 7.91. The van der Waals surface area contributed by atoms with Crippen molar-refractivity contribution < 1.29 is 13.2 Å². The smallest absolute Gasteiger partial charge is 0.252 e. The van der Waals surface area contributed by atoms with Crippen molar-refractivity contribution in [3.8, 4) is 0 Å². The topological polar surface area (TPSA) is 70.6 Å². The Labute approximate surface area is 213 Å². The van der Waals surface area contributed by atoms with Gasteiger partial charge in [-0.3, -0.25) is 9.69 Å². The molecule has 1 unspecified atom stereocenters. The van der Waals surface area contributed by atoms with Gasteiger partial charge in [0.15, 0.2) is 5.13 Å². The minimum Gasteiger partial charge on any atom is -0.283 e. The monoisotopic (exact) mass is 525 g/mol. The van der Waals surface area contributed by atoms with Crippen LogP contribution in [0.5, 0.6) is 0 Å². The number of nitrogens with zero attached hydrogens (tertiary/aromatic N) is 3. The number of piperidine rings is 1. The van der Waals surface area contributed by atoms with Crippen LogP contribution in [0.3, 0.4) is 0 Å². The maximum atomic E-state index is 14.0. The van der Waals surface area contributed by atoms with Crippen molar-refractivity contribution in [3.05, 3.63) is 76.7 Å². The highest BCUT2D eigenvalue weighted by Gasteiger charge is 2.36. The van der Waals surface area contributed by atoms with Crippen LogP contribution in [0.15, 0.2) is 64.2 Å². The molecule has 1 amide bonds. The molecule has 1 atom stereocenters. The second-order valence-corrected chi connectivity index (χ2v) is 13.0. The van der Waals surface area contributed by atoms with E-state index < -0.39 is 15.9 Å². The number of carbonyl (C=O) groups is 1. The van der Waals surface area contributed by atoms with E-state index in [0.29, 0.717) is 35.3 Å². The van der Waals surface area contributed by atoms with Gasteiger partial charge in [0.05, 0.1) is 22.7 Å². The molecular weight excluding hydrogens is 499 g/mol. The van der Waals surface area contributed by atoms with Crippen molar-refractivity contribution in [2.75, 3.05) is 18.0 Å². The van der Waals surface area contributed by atoms with Crippen LogP contribution in [0.1, 0.15) is 29.5 Å². The van der Waals surface area contributed by atoms with Crippen molar-refractivity contribution in [1.29, 1.82) is 0 Å². The number of carbonyl (C=O) groups excluding carboxylic acids is 1. The highest BCUT2D eigenvalue weighted by atomic mass is 32.2. The molecule has 1 saturated heterocycles. The predicted molar refractivity (Wildman–Crippen MR) is 143 cm³/mol. The number of anilines is 1. The average molecular weight is 526 g/mol. The molecule has 2 aromatic carbocycles. The van der Waals surface area contributed by atoms with E-state index in [1.165, 1.54) is 27.0 Å². The van der Waals surface area contributed by atoms with Gasteiger partial charge >= 0.3 is 0 Å². The lowest BCUT2D eigenvalue weighted by Crippen LogP contribution is -2.46. The number of rotatable bonds is 6. The predicted octanol–water partition coefficient (Wildman–Crippen LogP) is 5.61. The zero-order valence-corrected chi connectivity index (χ0v) is 22.1. The number of hydrogen-bond acceptors (Lipinski definition) is 6. The van der Waals surface area contributed by atoms with Crippen LogP contribution in [-0.2, 0) is 21.4 Å². The Morgan fingerprint density at radius 2 is 1.91 bits per heavy atom. The normalized spacial score (nSPS) is 17.0. The molecule has 1 fully saturated rings. The Hall–Kier alpha value is -2.59. The van der Waals surface area contributed by atoms with Crippen molar-refractivity contribution in [3.63, 3.8) is 0 Å². The number of aryl methyl sites for hydroxylation is 2. The summed E-state index contributed by atoms with van der Waals surface area (Å²) in [7, 11) is -3.60. The van der Waals surface area contributed by atoms with Gasteiger partial charge in [-0.25, -0.2) is 13.4 Å². The van der Waals surface area contributed by atoms with E-state index in [0.717, 1.165) is 26.9 Å². The molecule has 5 rings (SSSR count). The third kappa shape index (κ3) is 4.78. The lowest BCUT2D eigenvalue weighted by atomic mass is 9.98. The molecule has 35 heavy (non-hydrogen) atoms. The molecule has 3 heterocycles. The molecule has 9 heteroatoms. The van der Waals surface area contributed by atoms with Crippen LogP contribution in [0.2, 0.25) is 0 Å². The number of sulfonamides is 1. The van der Waals surface area contributed by atoms with Crippen molar-refractivity contribution in [2.24, 2.45) is 5.92 Å². The van der Waals surface area contributed by atoms with Gasteiger partial charge in [-0.1, -0.05) is 53.8 Å². The van der Waals surface area contributed by atoms with Gasteiger partial charge in [0, 0.05) is 13.1 Å². The van der Waals surface area contributed by atoms with E-state index in [-0.39, 0.29) is 12.5 Å². The molecule has 0 spiro atoms. The van der Waals surface area contributed by atoms with E-state index >= 15 is 0 Å². The fourth-order valence-corrected chi connectivity index (χ4v) is 8.15. The zero-order chi connectivity index (χ0) is 24.6. The summed E-state index contributed by atoms with van der Waals surface area (Å²) < 4.78 is 29.1. The fourth-order valence-electron chi connectivity index (χ4n) is 4.46. The van der Waals surface area contributed by atoms with Crippen molar-refractivity contribution in [2.45, 2.75) is 37.4 Å². The number of amides is 1. The van der Waals surface area contributed by atoms with Crippen LogP contribution in [0.4, 0.5) is 5.13 Å². The molecular formula is C26H27N3O3S3. The van der Waals surface area contributed by atoms with Crippen LogP contribution in [0.25, 0.3) is 10.2 Å². The Kier molecular flexibility index (Phi) is 6.76. The third-order valence-corrected chi connectivity index (χ3v) is 10.9. The van der Waals surface area contributed by atoms with Gasteiger partial charge in [-0.2, -0.15) is 4.31 Å². The van der Waals surface area contributed by atoms with Crippen LogP contribution in [-0.4, -0.2) is 36.7 Å². The largest absolute Gasteiger partial charge is 0.283 e. The van der Waals surface area contributed by atoms with Crippen molar-refractivity contribution >= 4 is 54.0 Å². The van der Waals surface area contributed by atoms with Crippen LogP contribution < -0.4 is 4.90 Å². The van der Waals surface area contributed by atoms with E-state index in [2.05, 4.69) is 26.0 Å². The van der Waals surface area contributed by atoms with Gasteiger partial charge < -0.3 is 0 Å². The van der Waals surface area contributed by atoms with E-state index in [1.807, 2.05) is 30.3 Å². The number of hydrogen-bond donors (Lipinski definition) is 0. The molecule has 0 N–H and O–H groups in total. The first-order chi connectivity index (χ1) is 16.8. The minimum absolute atomic E-state index is 0.0756. The molecule has 4 aromatic rings. The maximum absolute atomic E-state index is 14.0. The Morgan fingerprint density at radius 3 is 2.66 bits per heavy atom. The lowest BCUT2D eigenvalue weighted by Gasteiger charge is -2.33. The van der Waals surface area contributed by atoms with E-state index in [9.17, 15) is 13.2 Å². The first-order valence-electron chi connectivity index (χ1n) is 11.6. The van der Waals surface area contributed by atoms with Gasteiger partial charge in [0.25, 0.3) is 10.0 Å². The molecule has 1 aliphatic heterocycles. The Balaban J connectivity index is 1.48. The summed E-state index contributed by atoms with van der Waals surface area (Å²) in [4.78, 5) is 20.6. The molecule has 0 aliphatic carbocycles. The number of thiophene rings is 1. The summed E-state index contributed by atoms with van der Waals surface area (Å²) >= 11 is 2.72. The molecule has 1 aliphatic rings. The molecule has 2 aromatic heterocycles. The first-order valence-corrected chi connectivity index (χ1v) is 14.7. The summed E-state index contributed by atoms with van der Waals surface area (Å²) in [6.45, 7) is 5.13. The average Bonchev–Trinajstić information content (AvgIpc) is 3.56. The maximum Gasteiger partial charge on any atom is 0.252 e. The summed E-state index contributed by atoms with van der Waals surface area (Å²) in [5, 5.41) is 2.42. The van der Waals surface area contributed by atoms with Crippen molar-refractivity contribution in [1.82, 2.24) is 9.29 Å². The highest BCUT2D eigenvalue weighted by Crippen LogP contribution is 2.35. The molecule has 6 nitrogen and oxygen atoms in total. The van der Waals surface area contributed by atoms with E-state index in [4.69, 9.17) is 4.98 Å². The fraction of sp³-hybridized carbons (Fsp3) is 0.308. The Bertz CT molecular complexity index is 1450. The zero-order valence-electron chi connectivity index (χ0n) is 19.7. The van der Waals surface area contributed by atoms with Crippen LogP contribution >= 0.6 is 22.7 Å². The molecule has 0 saturated carbocycles. The first kappa shape index (κ1) is 24.1. The van der Waals surface area contributed by atoms with Gasteiger partial charge in [0.1, 0.15) is 4.21 Å². The minimum atomic E-state index is -3.60. The molecule has 0 radical (unpaired) electrons. The summed E-state index contributed by atoms with van der Waals surface area (Å²) in [5.74, 6) is -0.495. The standard InChI is InChI=1S/C26H27N3O3S3/c1-18-12-13-22-24(19(18)2)27-26(34-22)29(16-20-8-4-3-5-9-20)25(30)21-10-6-14-28(17-21)35(31,32)23-11-7-15-33-23/h3-5,7-9,11-13,15,21H,6,10,14,16-17H2,1-2H3. The van der Waals surface area contributed by atoms with Crippen LogP contribution in [0, 0.1) is 19.8 Å². The van der Waals surface area contributed by atoms with E-state index in [1.54, 1.807) is 22.4 Å². The molecule has 0 bridgehead atoms. The number of benzene rings is 2.